The highest BCUT2D eigenvalue weighted by molar-refractivity contribution is 5.98. The van der Waals surface area contributed by atoms with Crippen LogP contribution in [0.3, 0.4) is 0 Å². The number of hydrogen-bond donors (Lipinski definition) is 1. The smallest absolute Gasteiger partial charge is 0.438 e. The Bertz CT molecular complexity index is 940. The van der Waals surface area contributed by atoms with Crippen LogP contribution in [0.15, 0.2) is 53.6 Å². The molecule has 1 N–H and O–H groups in total. The van der Waals surface area contributed by atoms with Crippen LogP contribution >= 0.6 is 0 Å². The molecule has 31 heavy (non-hydrogen) atoms. The standard InChI is InChI=1S/C23H25F3N2O3/c1-3-4-5-19-14-22(30,23(24,25)26)28(27-19)21(29)18-10-12-20(13-11-18)31-15-17-8-6-16(2)7-9-17/h6-13,30H,3-5,14-15H2,1-2H3/t22-/m0/s1. The number of alkyl halides is 3. The van der Waals surface area contributed by atoms with Crippen LogP contribution in [-0.2, 0) is 6.61 Å². The second-order valence-corrected chi connectivity index (χ2v) is 7.68. The molecule has 1 aliphatic heterocycles. The SMILES string of the molecule is CCCCC1=NN(C(=O)c2ccc(OCc3ccc(C)cc3)cc2)[C@@](O)(C(F)(F)F)C1. The number of amides is 1. The van der Waals surface area contributed by atoms with Crippen LogP contribution < -0.4 is 4.74 Å². The van der Waals surface area contributed by atoms with Gasteiger partial charge in [-0.1, -0.05) is 43.2 Å². The lowest BCUT2D eigenvalue weighted by molar-refractivity contribution is -0.297. The highest BCUT2D eigenvalue weighted by Gasteiger charge is 2.63. The summed E-state index contributed by atoms with van der Waals surface area (Å²) in [6, 6.07) is 13.5. The summed E-state index contributed by atoms with van der Waals surface area (Å²) in [5.41, 5.74) is -1.10. The first-order valence-corrected chi connectivity index (χ1v) is 10.1. The summed E-state index contributed by atoms with van der Waals surface area (Å²) in [6.07, 6.45) is -4.08. The van der Waals surface area contributed by atoms with Crippen molar-refractivity contribution in [2.75, 3.05) is 0 Å². The van der Waals surface area contributed by atoms with E-state index in [-0.39, 0.29) is 16.3 Å². The van der Waals surface area contributed by atoms with Crippen molar-refractivity contribution in [3.8, 4) is 5.75 Å². The van der Waals surface area contributed by atoms with E-state index >= 15 is 0 Å². The average Bonchev–Trinajstić information content (AvgIpc) is 3.09. The molecule has 0 saturated heterocycles. The van der Waals surface area contributed by atoms with E-state index in [4.69, 9.17) is 4.74 Å². The summed E-state index contributed by atoms with van der Waals surface area (Å²) in [6.45, 7) is 4.20. The Balaban J connectivity index is 1.73. The molecular weight excluding hydrogens is 409 g/mol. The molecule has 2 aromatic carbocycles. The van der Waals surface area contributed by atoms with E-state index in [2.05, 4.69) is 5.10 Å². The number of hydrogen-bond acceptors (Lipinski definition) is 4. The number of ether oxygens (including phenoxy) is 1. The van der Waals surface area contributed by atoms with Gasteiger partial charge in [-0.2, -0.15) is 23.3 Å². The van der Waals surface area contributed by atoms with Gasteiger partial charge in [0, 0.05) is 17.7 Å². The maximum Gasteiger partial charge on any atom is 0.438 e. The zero-order valence-electron chi connectivity index (χ0n) is 17.4. The minimum atomic E-state index is -5.03. The van der Waals surface area contributed by atoms with Crippen LogP contribution in [0.4, 0.5) is 13.2 Å². The maximum absolute atomic E-state index is 13.6. The largest absolute Gasteiger partial charge is 0.489 e. The molecule has 5 nitrogen and oxygen atoms in total. The number of carbonyl (C=O) groups is 1. The van der Waals surface area contributed by atoms with Crippen molar-refractivity contribution in [3.63, 3.8) is 0 Å². The molecule has 0 saturated carbocycles. The molecule has 0 radical (unpaired) electrons. The first kappa shape index (κ1) is 22.8. The van der Waals surface area contributed by atoms with Crippen LogP contribution in [0.25, 0.3) is 0 Å². The molecule has 1 heterocycles. The predicted octanol–water partition coefficient (Wildman–Crippen LogP) is 5.22. The van der Waals surface area contributed by atoms with Crippen LogP contribution in [0.5, 0.6) is 5.75 Å². The van der Waals surface area contributed by atoms with Crippen LogP contribution in [0.1, 0.15) is 54.1 Å². The number of hydrazone groups is 1. The number of rotatable bonds is 7. The normalized spacial score (nSPS) is 18.8. The Hall–Kier alpha value is -2.87. The minimum Gasteiger partial charge on any atom is -0.489 e. The van der Waals surface area contributed by atoms with E-state index in [1.54, 1.807) is 0 Å². The third kappa shape index (κ3) is 5.07. The van der Waals surface area contributed by atoms with Gasteiger partial charge in [0.1, 0.15) is 12.4 Å². The molecular formula is C23H25F3N2O3. The van der Waals surface area contributed by atoms with E-state index in [9.17, 15) is 23.1 Å². The molecule has 0 unspecified atom stereocenters. The Morgan fingerprint density at radius 2 is 1.81 bits per heavy atom. The number of carbonyl (C=O) groups excluding carboxylic acids is 1. The van der Waals surface area contributed by atoms with Crippen molar-refractivity contribution >= 4 is 11.6 Å². The number of aryl methyl sites for hydroxylation is 1. The summed E-state index contributed by atoms with van der Waals surface area (Å²) >= 11 is 0. The summed E-state index contributed by atoms with van der Waals surface area (Å²) in [7, 11) is 0. The number of benzene rings is 2. The monoisotopic (exact) mass is 434 g/mol. The van der Waals surface area contributed by atoms with Gasteiger partial charge in [0.15, 0.2) is 0 Å². The third-order valence-corrected chi connectivity index (χ3v) is 5.14. The van der Waals surface area contributed by atoms with Crippen molar-refractivity contribution in [2.45, 2.75) is 58.0 Å². The van der Waals surface area contributed by atoms with Gasteiger partial charge in [0.25, 0.3) is 11.6 Å². The lowest BCUT2D eigenvalue weighted by Crippen LogP contribution is -2.56. The maximum atomic E-state index is 13.6. The predicted molar refractivity (Wildman–Crippen MR) is 111 cm³/mol. The average molecular weight is 434 g/mol. The molecule has 0 aromatic heterocycles. The molecule has 166 valence electrons. The minimum absolute atomic E-state index is 0.0224. The molecule has 1 aliphatic rings. The topological polar surface area (TPSA) is 62.1 Å². The summed E-state index contributed by atoms with van der Waals surface area (Å²) < 4.78 is 46.4. The quantitative estimate of drug-likeness (QED) is 0.650. The van der Waals surface area contributed by atoms with Crippen molar-refractivity contribution in [2.24, 2.45) is 5.10 Å². The second-order valence-electron chi connectivity index (χ2n) is 7.68. The summed E-state index contributed by atoms with van der Waals surface area (Å²) in [5, 5.41) is 14.3. The molecule has 0 bridgehead atoms. The van der Waals surface area contributed by atoms with E-state index < -0.39 is 24.2 Å². The molecule has 1 atom stereocenters. The number of nitrogens with zero attached hydrogens (tertiary/aromatic N) is 2. The highest BCUT2D eigenvalue weighted by atomic mass is 19.4. The zero-order valence-corrected chi connectivity index (χ0v) is 17.4. The summed E-state index contributed by atoms with van der Waals surface area (Å²) in [4.78, 5) is 12.8. The van der Waals surface area contributed by atoms with Gasteiger partial charge < -0.3 is 9.84 Å². The fourth-order valence-corrected chi connectivity index (χ4v) is 3.24. The van der Waals surface area contributed by atoms with Crippen LogP contribution in [0, 0.1) is 6.92 Å². The van der Waals surface area contributed by atoms with E-state index in [1.165, 1.54) is 24.3 Å². The highest BCUT2D eigenvalue weighted by Crippen LogP contribution is 2.41. The van der Waals surface area contributed by atoms with Gasteiger partial charge in [-0.15, -0.1) is 0 Å². The molecule has 0 spiro atoms. The van der Waals surface area contributed by atoms with Crippen molar-refractivity contribution in [1.29, 1.82) is 0 Å². The van der Waals surface area contributed by atoms with E-state index in [0.717, 1.165) is 17.5 Å². The number of aliphatic hydroxyl groups is 1. The van der Waals surface area contributed by atoms with Crippen LogP contribution in [0.2, 0.25) is 0 Å². The van der Waals surface area contributed by atoms with Gasteiger partial charge in [-0.05, 0) is 49.6 Å². The van der Waals surface area contributed by atoms with Gasteiger partial charge >= 0.3 is 6.18 Å². The first-order chi connectivity index (χ1) is 14.6. The summed E-state index contributed by atoms with van der Waals surface area (Å²) in [5.74, 6) is -0.548. The van der Waals surface area contributed by atoms with Gasteiger partial charge in [-0.25, -0.2) is 0 Å². The second kappa shape index (κ2) is 9.09. The fraction of sp³-hybridized carbons (Fsp3) is 0.391. The molecule has 3 rings (SSSR count). The number of unbranched alkanes of at least 4 members (excludes halogenated alkanes) is 1. The molecule has 0 aliphatic carbocycles. The first-order valence-electron chi connectivity index (χ1n) is 10.1. The molecule has 1 amide bonds. The molecule has 0 fully saturated rings. The Kier molecular flexibility index (Phi) is 6.69. The van der Waals surface area contributed by atoms with Crippen molar-refractivity contribution < 1.29 is 27.8 Å². The van der Waals surface area contributed by atoms with E-state index in [0.29, 0.717) is 25.2 Å². The number of halogens is 3. The van der Waals surface area contributed by atoms with Gasteiger partial charge in [0.05, 0.1) is 0 Å². The van der Waals surface area contributed by atoms with Crippen LogP contribution in [-0.4, -0.2) is 33.6 Å². The van der Waals surface area contributed by atoms with Crippen molar-refractivity contribution in [3.05, 3.63) is 65.2 Å². The van der Waals surface area contributed by atoms with Gasteiger partial charge in [0.2, 0.25) is 0 Å². The third-order valence-electron chi connectivity index (χ3n) is 5.14. The Morgan fingerprint density at radius 3 is 2.39 bits per heavy atom. The zero-order chi connectivity index (χ0) is 22.6. The lowest BCUT2D eigenvalue weighted by atomic mass is 10.0. The van der Waals surface area contributed by atoms with Crippen molar-refractivity contribution in [1.82, 2.24) is 5.01 Å². The van der Waals surface area contributed by atoms with Gasteiger partial charge in [-0.3, -0.25) is 4.79 Å². The lowest BCUT2D eigenvalue weighted by Gasteiger charge is -2.32. The Morgan fingerprint density at radius 1 is 1.16 bits per heavy atom. The fourth-order valence-electron chi connectivity index (χ4n) is 3.24. The van der Waals surface area contributed by atoms with E-state index in [1.807, 2.05) is 38.1 Å². The molecule has 8 heteroatoms. The Labute approximate surface area is 179 Å². The molecule has 2 aromatic rings.